The van der Waals surface area contributed by atoms with Gasteiger partial charge in [0.1, 0.15) is 23.6 Å². The van der Waals surface area contributed by atoms with E-state index in [1.165, 1.54) is 20.3 Å². The third-order valence-electron chi connectivity index (χ3n) is 4.56. The van der Waals surface area contributed by atoms with Crippen LogP contribution in [-0.4, -0.2) is 34.9 Å². The number of anilines is 1. The molecule has 0 atom stereocenters. The molecule has 9 heteroatoms. The Bertz CT molecular complexity index is 1300. The van der Waals surface area contributed by atoms with Gasteiger partial charge in [0.15, 0.2) is 0 Å². The van der Waals surface area contributed by atoms with Gasteiger partial charge in [0, 0.05) is 22.4 Å². The minimum atomic E-state index is -0.449. The number of benzene rings is 2. The van der Waals surface area contributed by atoms with E-state index < -0.39 is 5.91 Å². The van der Waals surface area contributed by atoms with Crippen molar-refractivity contribution in [2.45, 2.75) is 6.54 Å². The van der Waals surface area contributed by atoms with E-state index in [1.807, 2.05) is 24.3 Å². The van der Waals surface area contributed by atoms with Crippen molar-refractivity contribution in [2.24, 2.45) is 0 Å². The van der Waals surface area contributed by atoms with Crippen LogP contribution in [-0.2, 0) is 11.3 Å². The minimum absolute atomic E-state index is 0.267. The maximum Gasteiger partial charge on any atom is 0.291 e. The number of para-hydroxylation sites is 1. The lowest BCUT2D eigenvalue weighted by Gasteiger charge is -2.13. The fourth-order valence-electron chi connectivity index (χ4n) is 3.17. The molecule has 4 rings (SSSR count). The summed E-state index contributed by atoms with van der Waals surface area (Å²) in [7, 11) is 2.95. The number of hydrogen-bond acceptors (Lipinski definition) is 5. The molecule has 0 aliphatic rings. The summed E-state index contributed by atoms with van der Waals surface area (Å²) in [5.41, 5.74) is 1.22. The Hall–Kier alpha value is -3.52. The van der Waals surface area contributed by atoms with Crippen LogP contribution in [0, 0.1) is 0 Å². The van der Waals surface area contributed by atoms with Gasteiger partial charge >= 0.3 is 0 Å². The molecular weight excluding hydrogens is 396 g/mol. The summed E-state index contributed by atoms with van der Waals surface area (Å²) in [4.78, 5) is 28.4. The van der Waals surface area contributed by atoms with Crippen molar-refractivity contribution in [2.75, 3.05) is 19.5 Å². The van der Waals surface area contributed by atoms with Crippen LogP contribution in [0.25, 0.3) is 21.8 Å². The predicted octanol–water partition coefficient (Wildman–Crippen LogP) is 3.19. The lowest BCUT2D eigenvalue weighted by molar-refractivity contribution is -0.117. The number of aromatic amines is 1. The van der Waals surface area contributed by atoms with Crippen LogP contribution in [0.4, 0.5) is 5.69 Å². The molecule has 0 radical (unpaired) electrons. The van der Waals surface area contributed by atoms with Crippen molar-refractivity contribution in [1.82, 2.24) is 14.8 Å². The summed E-state index contributed by atoms with van der Waals surface area (Å²) < 4.78 is 11.5. The molecule has 2 aromatic heterocycles. The van der Waals surface area contributed by atoms with E-state index in [1.54, 1.807) is 12.3 Å². The number of methoxy groups -OCH3 is 2. The zero-order valence-corrected chi connectivity index (χ0v) is 16.4. The first-order chi connectivity index (χ1) is 14.0. The minimum Gasteiger partial charge on any atom is -0.495 e. The number of ether oxygens (including phenoxy) is 2. The first kappa shape index (κ1) is 18.8. The number of nitrogens with zero attached hydrogens (tertiary/aromatic N) is 2. The average molecular weight is 413 g/mol. The first-order valence-electron chi connectivity index (χ1n) is 8.69. The van der Waals surface area contributed by atoms with Gasteiger partial charge in [-0.2, -0.15) is 5.10 Å². The standard InChI is InChI=1S/C20H17ClN4O4/c1-28-16-8-17(29-2)15(7-13(16)21)23-18(26)10-25-20(27)19-12(9-22-25)11-5-3-4-6-14(11)24-19/h3-9,24H,10H2,1-2H3,(H,23,26). The molecule has 29 heavy (non-hydrogen) atoms. The van der Waals surface area contributed by atoms with Crippen molar-refractivity contribution >= 4 is 45.0 Å². The van der Waals surface area contributed by atoms with Gasteiger partial charge in [-0.05, 0) is 12.1 Å². The first-order valence-corrected chi connectivity index (χ1v) is 9.07. The van der Waals surface area contributed by atoms with E-state index >= 15 is 0 Å². The molecule has 0 spiro atoms. The molecule has 2 heterocycles. The van der Waals surface area contributed by atoms with Crippen molar-refractivity contribution in [1.29, 1.82) is 0 Å². The van der Waals surface area contributed by atoms with Crippen LogP contribution in [0.15, 0.2) is 47.4 Å². The van der Waals surface area contributed by atoms with Crippen LogP contribution in [0.5, 0.6) is 11.5 Å². The number of rotatable bonds is 5. The Morgan fingerprint density at radius 1 is 1.17 bits per heavy atom. The Kier molecular flexibility index (Phi) is 4.85. The van der Waals surface area contributed by atoms with Gasteiger partial charge in [0.05, 0.1) is 31.1 Å². The number of aromatic nitrogens is 3. The van der Waals surface area contributed by atoms with Crippen LogP contribution in [0.3, 0.4) is 0 Å². The average Bonchev–Trinajstić information content (AvgIpc) is 3.10. The van der Waals surface area contributed by atoms with Crippen molar-refractivity contribution < 1.29 is 14.3 Å². The second kappa shape index (κ2) is 7.48. The van der Waals surface area contributed by atoms with Gasteiger partial charge in [-0.1, -0.05) is 29.8 Å². The van der Waals surface area contributed by atoms with Gasteiger partial charge in [-0.3, -0.25) is 9.59 Å². The highest BCUT2D eigenvalue weighted by atomic mass is 35.5. The number of carbonyl (C=O) groups is 1. The number of carbonyl (C=O) groups excluding carboxylic acids is 1. The van der Waals surface area contributed by atoms with Crippen LogP contribution in [0.2, 0.25) is 5.02 Å². The molecule has 0 bridgehead atoms. The maximum absolute atomic E-state index is 12.8. The third-order valence-corrected chi connectivity index (χ3v) is 4.86. The molecule has 0 saturated heterocycles. The van der Waals surface area contributed by atoms with Crippen LogP contribution in [0.1, 0.15) is 0 Å². The summed E-state index contributed by atoms with van der Waals surface area (Å²) in [6.07, 6.45) is 1.58. The van der Waals surface area contributed by atoms with Gasteiger partial charge in [-0.15, -0.1) is 0 Å². The monoisotopic (exact) mass is 412 g/mol. The summed E-state index contributed by atoms with van der Waals surface area (Å²) in [5.74, 6) is 0.351. The summed E-state index contributed by atoms with van der Waals surface area (Å²) in [6, 6.07) is 10.6. The van der Waals surface area contributed by atoms with Gasteiger partial charge < -0.3 is 19.8 Å². The highest BCUT2D eigenvalue weighted by molar-refractivity contribution is 6.32. The lowest BCUT2D eigenvalue weighted by atomic mass is 10.2. The number of fused-ring (bicyclic) bond motifs is 3. The molecular formula is C20H17ClN4O4. The van der Waals surface area contributed by atoms with Gasteiger partial charge in [0.2, 0.25) is 5.91 Å². The second-order valence-electron chi connectivity index (χ2n) is 6.30. The Morgan fingerprint density at radius 2 is 1.93 bits per heavy atom. The number of halogens is 1. The maximum atomic E-state index is 12.8. The normalized spacial score (nSPS) is 11.0. The molecule has 0 aliphatic carbocycles. The van der Waals surface area contributed by atoms with Crippen molar-refractivity contribution in [3.63, 3.8) is 0 Å². The molecule has 2 N–H and O–H groups in total. The molecule has 0 fully saturated rings. The fourth-order valence-corrected chi connectivity index (χ4v) is 3.41. The smallest absolute Gasteiger partial charge is 0.291 e. The molecule has 2 aromatic carbocycles. The fraction of sp³-hybridized carbons (Fsp3) is 0.150. The highest BCUT2D eigenvalue weighted by Gasteiger charge is 2.15. The summed E-state index contributed by atoms with van der Waals surface area (Å²) in [5, 5.41) is 8.77. The molecule has 148 valence electrons. The molecule has 1 amide bonds. The zero-order chi connectivity index (χ0) is 20.5. The predicted molar refractivity (Wildman–Crippen MR) is 111 cm³/mol. The second-order valence-corrected chi connectivity index (χ2v) is 6.71. The molecule has 0 unspecified atom stereocenters. The van der Waals surface area contributed by atoms with E-state index in [0.717, 1.165) is 15.6 Å². The Morgan fingerprint density at radius 3 is 2.69 bits per heavy atom. The number of H-pyrrole nitrogens is 1. The van der Waals surface area contributed by atoms with Crippen LogP contribution >= 0.6 is 11.6 Å². The van der Waals surface area contributed by atoms with E-state index in [9.17, 15) is 9.59 Å². The SMILES string of the molecule is COc1cc(OC)c(NC(=O)Cn2ncc3c([nH]c4ccccc43)c2=O)cc1Cl. The summed E-state index contributed by atoms with van der Waals surface area (Å²) in [6.45, 7) is -0.267. The molecule has 0 aliphatic heterocycles. The molecule has 0 saturated carbocycles. The van der Waals surface area contributed by atoms with Gasteiger partial charge in [-0.25, -0.2) is 4.68 Å². The number of nitrogens with one attached hydrogen (secondary N) is 2. The van der Waals surface area contributed by atoms with E-state index in [-0.39, 0.29) is 12.1 Å². The van der Waals surface area contributed by atoms with Crippen molar-refractivity contribution in [3.05, 3.63) is 58.0 Å². The van der Waals surface area contributed by atoms with E-state index in [4.69, 9.17) is 21.1 Å². The quantitative estimate of drug-likeness (QED) is 0.524. The Balaban J connectivity index is 1.63. The van der Waals surface area contributed by atoms with E-state index in [0.29, 0.717) is 33.1 Å². The van der Waals surface area contributed by atoms with Crippen LogP contribution < -0.4 is 20.3 Å². The third kappa shape index (κ3) is 3.38. The lowest BCUT2D eigenvalue weighted by Crippen LogP contribution is -2.29. The zero-order valence-electron chi connectivity index (χ0n) is 15.7. The Labute approximate surface area is 170 Å². The van der Waals surface area contributed by atoms with Gasteiger partial charge in [0.25, 0.3) is 5.56 Å². The largest absolute Gasteiger partial charge is 0.495 e. The summed E-state index contributed by atoms with van der Waals surface area (Å²) >= 11 is 6.13. The topological polar surface area (TPSA) is 98.2 Å². The number of hydrogen-bond donors (Lipinski definition) is 2. The van der Waals surface area contributed by atoms with Crippen molar-refractivity contribution in [3.8, 4) is 11.5 Å². The van der Waals surface area contributed by atoms with E-state index in [2.05, 4.69) is 15.4 Å². The highest BCUT2D eigenvalue weighted by Crippen LogP contribution is 2.35. The number of amides is 1. The molecule has 8 nitrogen and oxygen atoms in total. The molecule has 4 aromatic rings.